The number of hydrogen-bond donors (Lipinski definition) is 1. The van der Waals surface area contributed by atoms with Gasteiger partial charge in [-0.3, -0.25) is 4.68 Å². The third-order valence-corrected chi connectivity index (χ3v) is 3.01. The molecule has 1 heterocycles. The number of rotatable bonds is 6. The Morgan fingerprint density at radius 2 is 2.20 bits per heavy atom. The summed E-state index contributed by atoms with van der Waals surface area (Å²) in [5.41, 5.74) is 1.35. The predicted molar refractivity (Wildman–Crippen MR) is 64.0 cm³/mol. The highest BCUT2D eigenvalue weighted by Gasteiger charge is 2.15. The van der Waals surface area contributed by atoms with Crippen LogP contribution in [0.1, 0.15) is 38.7 Å². The van der Waals surface area contributed by atoms with Crippen molar-refractivity contribution in [1.82, 2.24) is 15.1 Å². The van der Waals surface area contributed by atoms with Crippen molar-refractivity contribution >= 4 is 0 Å². The molecule has 0 saturated heterocycles. The molecule has 0 bridgehead atoms. The number of nitrogens with zero attached hydrogens (tertiary/aromatic N) is 2. The second-order valence-electron chi connectivity index (χ2n) is 4.36. The van der Waals surface area contributed by atoms with E-state index in [1.807, 2.05) is 17.9 Å². The van der Waals surface area contributed by atoms with E-state index in [9.17, 15) is 0 Å². The van der Waals surface area contributed by atoms with Crippen molar-refractivity contribution < 1.29 is 0 Å². The zero-order valence-electron chi connectivity index (χ0n) is 10.3. The third kappa shape index (κ3) is 3.34. The maximum absolute atomic E-state index is 4.37. The summed E-state index contributed by atoms with van der Waals surface area (Å²) in [6, 6.07) is 0. The maximum atomic E-state index is 4.37. The van der Waals surface area contributed by atoms with E-state index in [0.29, 0.717) is 11.8 Å². The molecule has 0 aliphatic carbocycles. The summed E-state index contributed by atoms with van der Waals surface area (Å²) in [6.45, 7) is 8.80. The summed E-state index contributed by atoms with van der Waals surface area (Å²) in [7, 11) is 2.00. The molecular weight excluding hydrogens is 186 g/mol. The van der Waals surface area contributed by atoms with Crippen LogP contribution in [0.2, 0.25) is 0 Å². The first-order valence-electron chi connectivity index (χ1n) is 5.86. The molecular formula is C12H23N3. The van der Waals surface area contributed by atoms with Gasteiger partial charge < -0.3 is 5.32 Å². The molecule has 0 aromatic carbocycles. The van der Waals surface area contributed by atoms with E-state index in [1.165, 1.54) is 5.56 Å². The van der Waals surface area contributed by atoms with Crippen molar-refractivity contribution in [2.75, 3.05) is 13.6 Å². The minimum atomic E-state index is 0.572. The summed E-state index contributed by atoms with van der Waals surface area (Å²) in [5, 5.41) is 7.59. The van der Waals surface area contributed by atoms with Crippen molar-refractivity contribution in [2.45, 2.75) is 39.7 Å². The molecule has 0 fully saturated rings. The highest BCUT2D eigenvalue weighted by atomic mass is 15.3. The molecule has 2 unspecified atom stereocenters. The van der Waals surface area contributed by atoms with Gasteiger partial charge in [0.2, 0.25) is 0 Å². The van der Waals surface area contributed by atoms with E-state index in [-0.39, 0.29) is 0 Å². The first kappa shape index (κ1) is 12.2. The van der Waals surface area contributed by atoms with Crippen LogP contribution < -0.4 is 5.32 Å². The van der Waals surface area contributed by atoms with Crippen LogP contribution in [0.5, 0.6) is 0 Å². The van der Waals surface area contributed by atoms with E-state index in [1.54, 1.807) is 0 Å². The van der Waals surface area contributed by atoms with E-state index < -0.39 is 0 Å². The van der Waals surface area contributed by atoms with Gasteiger partial charge in [-0.1, -0.05) is 20.8 Å². The van der Waals surface area contributed by atoms with E-state index >= 15 is 0 Å². The lowest BCUT2D eigenvalue weighted by molar-refractivity contribution is 0.465. The Bertz CT molecular complexity index is 280. The summed E-state index contributed by atoms with van der Waals surface area (Å²) in [4.78, 5) is 0. The molecule has 0 spiro atoms. The van der Waals surface area contributed by atoms with E-state index in [0.717, 1.165) is 19.5 Å². The number of nitrogens with one attached hydrogen (secondary N) is 1. The summed E-state index contributed by atoms with van der Waals surface area (Å²) < 4.78 is 2.04. The van der Waals surface area contributed by atoms with Gasteiger partial charge in [-0.05, 0) is 37.4 Å². The number of hydrogen-bond acceptors (Lipinski definition) is 2. The fourth-order valence-electron chi connectivity index (χ4n) is 1.79. The number of aryl methyl sites for hydroxylation is 1. The molecule has 1 rings (SSSR count). The monoisotopic (exact) mass is 209 g/mol. The number of aromatic nitrogens is 2. The standard InChI is InChI=1S/C12H23N3/c1-5-6-15-9-12(8-14-15)11(3)10(2)7-13-4/h8-11,13H,5-7H2,1-4H3. The lowest BCUT2D eigenvalue weighted by atomic mass is 9.91. The molecule has 1 aromatic heterocycles. The fourth-order valence-corrected chi connectivity index (χ4v) is 1.79. The van der Waals surface area contributed by atoms with Gasteiger partial charge in [0.1, 0.15) is 0 Å². The molecule has 0 amide bonds. The Morgan fingerprint density at radius 3 is 2.80 bits per heavy atom. The lowest BCUT2D eigenvalue weighted by Crippen LogP contribution is -2.20. The minimum absolute atomic E-state index is 0.572. The Balaban J connectivity index is 2.60. The van der Waals surface area contributed by atoms with Gasteiger partial charge in [0.25, 0.3) is 0 Å². The van der Waals surface area contributed by atoms with Crippen molar-refractivity contribution in [3.63, 3.8) is 0 Å². The van der Waals surface area contributed by atoms with Crippen molar-refractivity contribution in [1.29, 1.82) is 0 Å². The zero-order valence-corrected chi connectivity index (χ0v) is 10.3. The topological polar surface area (TPSA) is 29.9 Å². The van der Waals surface area contributed by atoms with Crippen molar-refractivity contribution in [2.24, 2.45) is 5.92 Å². The Hall–Kier alpha value is -0.830. The first-order valence-corrected chi connectivity index (χ1v) is 5.86. The molecule has 3 nitrogen and oxygen atoms in total. The van der Waals surface area contributed by atoms with Crippen molar-refractivity contribution in [3.05, 3.63) is 18.0 Å². The van der Waals surface area contributed by atoms with Crippen LogP contribution in [0.25, 0.3) is 0 Å². The lowest BCUT2D eigenvalue weighted by Gasteiger charge is -2.17. The second kappa shape index (κ2) is 5.91. The van der Waals surface area contributed by atoms with Gasteiger partial charge in [0.05, 0.1) is 6.20 Å². The van der Waals surface area contributed by atoms with Gasteiger partial charge in [-0.15, -0.1) is 0 Å². The molecule has 0 radical (unpaired) electrons. The third-order valence-electron chi connectivity index (χ3n) is 3.01. The van der Waals surface area contributed by atoms with Crippen LogP contribution in [0.15, 0.2) is 12.4 Å². The highest BCUT2D eigenvalue weighted by molar-refractivity contribution is 5.11. The van der Waals surface area contributed by atoms with Crippen LogP contribution in [0.3, 0.4) is 0 Å². The SMILES string of the molecule is CCCn1cc(C(C)C(C)CNC)cn1. The second-order valence-corrected chi connectivity index (χ2v) is 4.36. The normalized spacial score (nSPS) is 15.2. The maximum Gasteiger partial charge on any atom is 0.0524 e. The van der Waals surface area contributed by atoms with Gasteiger partial charge in [-0.25, -0.2) is 0 Å². The summed E-state index contributed by atoms with van der Waals surface area (Å²) in [5.74, 6) is 1.22. The van der Waals surface area contributed by atoms with Crippen LogP contribution in [0.4, 0.5) is 0 Å². The molecule has 0 aliphatic heterocycles. The molecule has 0 saturated carbocycles. The minimum Gasteiger partial charge on any atom is -0.319 e. The van der Waals surface area contributed by atoms with Crippen molar-refractivity contribution in [3.8, 4) is 0 Å². The van der Waals surface area contributed by atoms with Crippen LogP contribution in [0, 0.1) is 5.92 Å². The van der Waals surface area contributed by atoms with Crippen LogP contribution >= 0.6 is 0 Å². The first-order chi connectivity index (χ1) is 7.19. The average Bonchev–Trinajstić information content (AvgIpc) is 2.66. The largest absolute Gasteiger partial charge is 0.319 e. The highest BCUT2D eigenvalue weighted by Crippen LogP contribution is 2.22. The fraction of sp³-hybridized carbons (Fsp3) is 0.750. The van der Waals surface area contributed by atoms with Gasteiger partial charge in [0.15, 0.2) is 0 Å². The average molecular weight is 209 g/mol. The molecule has 3 heteroatoms. The molecule has 1 aromatic rings. The molecule has 1 N–H and O–H groups in total. The van der Waals surface area contributed by atoms with Gasteiger partial charge >= 0.3 is 0 Å². The van der Waals surface area contributed by atoms with Crippen LogP contribution in [-0.2, 0) is 6.54 Å². The Morgan fingerprint density at radius 1 is 1.47 bits per heavy atom. The molecule has 15 heavy (non-hydrogen) atoms. The zero-order chi connectivity index (χ0) is 11.3. The van der Waals surface area contributed by atoms with Gasteiger partial charge in [-0.2, -0.15) is 5.10 Å². The quantitative estimate of drug-likeness (QED) is 0.779. The smallest absolute Gasteiger partial charge is 0.0524 e. The molecule has 2 atom stereocenters. The molecule has 86 valence electrons. The summed E-state index contributed by atoms with van der Waals surface area (Å²) in [6.07, 6.45) is 5.33. The predicted octanol–water partition coefficient (Wildman–Crippen LogP) is 2.25. The van der Waals surface area contributed by atoms with E-state index in [2.05, 4.69) is 37.4 Å². The van der Waals surface area contributed by atoms with E-state index in [4.69, 9.17) is 0 Å². The van der Waals surface area contributed by atoms with Gasteiger partial charge in [0, 0.05) is 12.7 Å². The Labute approximate surface area is 92.9 Å². The van der Waals surface area contributed by atoms with Crippen LogP contribution in [-0.4, -0.2) is 23.4 Å². The molecule has 0 aliphatic rings. The Kier molecular flexibility index (Phi) is 4.82. The summed E-state index contributed by atoms with van der Waals surface area (Å²) >= 11 is 0.